The molecule has 2 aliphatic carbocycles. The third-order valence-electron chi connectivity index (χ3n) is 3.44. The van der Waals surface area contributed by atoms with Crippen LogP contribution in [0.3, 0.4) is 0 Å². The molecule has 6 heteroatoms. The van der Waals surface area contributed by atoms with E-state index in [2.05, 4.69) is 10.5 Å². The van der Waals surface area contributed by atoms with E-state index >= 15 is 0 Å². The highest BCUT2D eigenvalue weighted by atomic mass is 16.3. The Kier molecular flexibility index (Phi) is 3.33. The van der Waals surface area contributed by atoms with Crippen molar-refractivity contribution in [3.8, 4) is 0 Å². The zero-order valence-corrected chi connectivity index (χ0v) is 9.52. The number of nitrogens with two attached hydrogens (primary N) is 1. The van der Waals surface area contributed by atoms with Crippen LogP contribution in [0, 0.1) is 5.92 Å². The van der Waals surface area contributed by atoms with Crippen LogP contribution in [0.2, 0.25) is 0 Å². The van der Waals surface area contributed by atoms with E-state index in [-0.39, 0.29) is 17.8 Å². The lowest BCUT2D eigenvalue weighted by molar-refractivity contribution is 0.145. The fourth-order valence-corrected chi connectivity index (χ4v) is 2.61. The molecular weight excluding hydrogens is 222 g/mol. The third kappa shape index (κ3) is 2.41. The summed E-state index contributed by atoms with van der Waals surface area (Å²) in [4.78, 5) is 10.5. The predicted molar refractivity (Wildman–Crippen MR) is 62.4 cm³/mol. The second-order valence-electron chi connectivity index (χ2n) is 4.51. The molecule has 2 amide bonds. The van der Waals surface area contributed by atoms with Gasteiger partial charge in [-0.25, -0.2) is 10.2 Å². The van der Waals surface area contributed by atoms with Gasteiger partial charge in [-0.1, -0.05) is 6.42 Å². The van der Waals surface area contributed by atoms with Gasteiger partial charge in [0.2, 0.25) is 0 Å². The van der Waals surface area contributed by atoms with Gasteiger partial charge in [0.05, 0.1) is 6.10 Å². The molecule has 0 bridgehead atoms. The first-order chi connectivity index (χ1) is 8.09. The second kappa shape index (κ2) is 4.75. The van der Waals surface area contributed by atoms with Gasteiger partial charge >= 0.3 is 6.03 Å². The van der Waals surface area contributed by atoms with E-state index in [0.717, 1.165) is 24.8 Å². The van der Waals surface area contributed by atoms with Crippen LogP contribution < -0.4 is 11.2 Å². The van der Waals surface area contributed by atoms with E-state index in [0.29, 0.717) is 18.6 Å². The molecule has 0 aromatic carbocycles. The maximum absolute atomic E-state index is 10.5. The largest absolute Gasteiger partial charge is 0.506 e. The van der Waals surface area contributed by atoms with Gasteiger partial charge in [0.1, 0.15) is 11.5 Å². The molecule has 2 aliphatic rings. The Morgan fingerprint density at radius 2 is 2.18 bits per heavy atom. The maximum atomic E-state index is 10.5. The van der Waals surface area contributed by atoms with Gasteiger partial charge < -0.3 is 15.9 Å². The average molecular weight is 239 g/mol. The van der Waals surface area contributed by atoms with Crippen LogP contribution in [0.5, 0.6) is 0 Å². The summed E-state index contributed by atoms with van der Waals surface area (Å²) in [6, 6.07) is -0.750. The number of amides is 2. The molecule has 94 valence electrons. The van der Waals surface area contributed by atoms with Gasteiger partial charge in [-0.05, 0) is 31.3 Å². The van der Waals surface area contributed by atoms with E-state index in [1.807, 2.05) is 0 Å². The maximum Gasteiger partial charge on any atom is 0.332 e. The van der Waals surface area contributed by atoms with E-state index in [1.165, 1.54) is 0 Å². The minimum absolute atomic E-state index is 0.0382. The number of hydrazone groups is 1. The Balaban J connectivity index is 2.13. The molecule has 0 radical (unpaired) electrons. The fraction of sp³-hybridized carbons (Fsp3) is 0.636. The second-order valence-corrected chi connectivity index (χ2v) is 4.51. The summed E-state index contributed by atoms with van der Waals surface area (Å²) in [6.07, 6.45) is 3.56. The molecule has 0 saturated heterocycles. The molecule has 0 heterocycles. The summed E-state index contributed by atoms with van der Waals surface area (Å²) in [5.41, 5.74) is 8.31. The zero-order chi connectivity index (χ0) is 12.4. The normalized spacial score (nSPS) is 31.2. The Morgan fingerprint density at radius 3 is 2.76 bits per heavy atom. The monoisotopic (exact) mass is 239 g/mol. The summed E-state index contributed by atoms with van der Waals surface area (Å²) < 4.78 is 0. The van der Waals surface area contributed by atoms with Gasteiger partial charge in [0.15, 0.2) is 0 Å². The molecule has 0 aromatic heterocycles. The molecule has 1 fully saturated rings. The van der Waals surface area contributed by atoms with E-state index < -0.39 is 6.03 Å². The molecule has 5 N–H and O–H groups in total. The van der Waals surface area contributed by atoms with Crippen LogP contribution in [0.15, 0.2) is 16.4 Å². The lowest BCUT2D eigenvalue weighted by atomic mass is 9.94. The summed E-state index contributed by atoms with van der Waals surface area (Å²) in [5, 5.41) is 23.5. The molecular formula is C11H17N3O3. The third-order valence-corrected chi connectivity index (χ3v) is 3.44. The number of aliphatic hydroxyl groups is 2. The number of nitrogens with zero attached hydrogens (tertiary/aromatic N) is 1. The highest BCUT2D eigenvalue weighted by Crippen LogP contribution is 2.38. The fourth-order valence-electron chi connectivity index (χ4n) is 2.61. The first kappa shape index (κ1) is 11.9. The Morgan fingerprint density at radius 1 is 1.41 bits per heavy atom. The minimum atomic E-state index is -0.750. The highest BCUT2D eigenvalue weighted by Gasteiger charge is 2.34. The number of nitrogens with one attached hydrogen (secondary N) is 1. The number of urea groups is 1. The van der Waals surface area contributed by atoms with Gasteiger partial charge in [-0.15, -0.1) is 0 Å². The van der Waals surface area contributed by atoms with Crippen LogP contribution in [-0.2, 0) is 0 Å². The number of allylic oxidation sites excluding steroid dienone is 1. The standard InChI is InChI=1S/C11H17N3O3/c12-11(17)14-13-8-5-4-7(10(8)16)6-2-1-3-9(6)15/h6,9,15-16H,1-5H2,(H3,12,14,17)/b13-8-/t6-,9+/m0/s1. The number of hydrogen-bond acceptors (Lipinski definition) is 4. The quantitative estimate of drug-likeness (QED) is 0.534. The number of hydrogen-bond donors (Lipinski definition) is 4. The first-order valence-corrected chi connectivity index (χ1v) is 5.82. The number of aliphatic hydroxyl groups excluding tert-OH is 2. The Bertz CT molecular complexity index is 389. The lowest BCUT2D eigenvalue weighted by Crippen LogP contribution is -2.25. The van der Waals surface area contributed by atoms with Crippen molar-refractivity contribution in [2.24, 2.45) is 16.8 Å². The molecule has 1 saturated carbocycles. The summed E-state index contributed by atoms with van der Waals surface area (Å²) >= 11 is 0. The van der Waals surface area contributed by atoms with Crippen LogP contribution >= 0.6 is 0 Å². The number of rotatable bonds is 2. The molecule has 0 aliphatic heterocycles. The van der Waals surface area contributed by atoms with Gasteiger partial charge in [0, 0.05) is 5.92 Å². The molecule has 17 heavy (non-hydrogen) atoms. The SMILES string of the molecule is NC(=O)N/N=C1/CCC([C@@H]2CCC[C@H]2O)=C1O. The van der Waals surface area contributed by atoms with Crippen LogP contribution in [-0.4, -0.2) is 28.1 Å². The van der Waals surface area contributed by atoms with Crippen LogP contribution in [0.1, 0.15) is 32.1 Å². The van der Waals surface area contributed by atoms with Crippen molar-refractivity contribution in [1.82, 2.24) is 5.43 Å². The smallest absolute Gasteiger partial charge is 0.332 e. The highest BCUT2D eigenvalue weighted by molar-refractivity contribution is 6.01. The van der Waals surface area contributed by atoms with E-state index in [1.54, 1.807) is 0 Å². The number of primary amides is 1. The van der Waals surface area contributed by atoms with Crippen molar-refractivity contribution in [1.29, 1.82) is 0 Å². The predicted octanol–water partition coefficient (Wildman–Crippen LogP) is 0.778. The summed E-state index contributed by atoms with van der Waals surface area (Å²) in [6.45, 7) is 0. The van der Waals surface area contributed by atoms with E-state index in [4.69, 9.17) is 5.73 Å². The van der Waals surface area contributed by atoms with Crippen molar-refractivity contribution < 1.29 is 15.0 Å². The number of carbonyl (C=O) groups excluding carboxylic acids is 1. The summed E-state index contributed by atoms with van der Waals surface area (Å²) in [7, 11) is 0. The Hall–Kier alpha value is -1.56. The van der Waals surface area contributed by atoms with Crippen molar-refractivity contribution in [2.75, 3.05) is 0 Å². The van der Waals surface area contributed by atoms with Gasteiger partial charge in [-0.3, -0.25) is 0 Å². The molecule has 0 unspecified atom stereocenters. The molecule has 2 atom stereocenters. The van der Waals surface area contributed by atoms with Crippen molar-refractivity contribution in [3.05, 3.63) is 11.3 Å². The molecule has 0 spiro atoms. The first-order valence-electron chi connectivity index (χ1n) is 5.82. The van der Waals surface area contributed by atoms with Crippen molar-refractivity contribution in [3.63, 3.8) is 0 Å². The molecule has 0 aromatic rings. The minimum Gasteiger partial charge on any atom is -0.506 e. The van der Waals surface area contributed by atoms with Crippen molar-refractivity contribution in [2.45, 2.75) is 38.2 Å². The molecule has 6 nitrogen and oxygen atoms in total. The number of carbonyl (C=O) groups is 1. The zero-order valence-electron chi connectivity index (χ0n) is 9.52. The van der Waals surface area contributed by atoms with Gasteiger partial charge in [0.25, 0.3) is 0 Å². The van der Waals surface area contributed by atoms with E-state index in [9.17, 15) is 15.0 Å². The molecule has 2 rings (SSSR count). The lowest BCUT2D eigenvalue weighted by Gasteiger charge is -2.15. The van der Waals surface area contributed by atoms with Crippen LogP contribution in [0.4, 0.5) is 4.79 Å². The van der Waals surface area contributed by atoms with Crippen molar-refractivity contribution >= 4 is 11.7 Å². The van der Waals surface area contributed by atoms with Crippen LogP contribution in [0.25, 0.3) is 0 Å². The summed E-state index contributed by atoms with van der Waals surface area (Å²) in [5.74, 6) is 0.154. The topological polar surface area (TPSA) is 108 Å². The average Bonchev–Trinajstić information content (AvgIpc) is 2.82. The Labute approximate surface area is 99.2 Å². The van der Waals surface area contributed by atoms with Gasteiger partial charge in [-0.2, -0.15) is 5.10 Å².